The number of nitrogens with one attached hydrogen (secondary N) is 2. The van der Waals surface area contributed by atoms with Gasteiger partial charge in [-0.05, 0) is 78.9 Å². The van der Waals surface area contributed by atoms with Crippen LogP contribution in [0.15, 0.2) is 72.8 Å². The molecule has 3 aromatic carbocycles. The zero-order valence-electron chi connectivity index (χ0n) is 13.9. The van der Waals surface area contributed by atoms with Crippen LogP contribution in [-0.4, -0.2) is 11.1 Å². The number of amides is 1. The molecule has 0 saturated carbocycles. The van der Waals surface area contributed by atoms with Gasteiger partial charge >= 0.3 is 0 Å². The largest absolute Gasteiger partial charge is 0.432 e. The molecule has 3 rings (SSSR count). The summed E-state index contributed by atoms with van der Waals surface area (Å²) in [6.45, 7) is 0. The Labute approximate surface area is 172 Å². The fraction of sp³-hybridized carbons (Fsp3) is 0. The molecule has 0 saturated heterocycles. The minimum Gasteiger partial charge on any atom is -0.432 e. The first-order valence-electron chi connectivity index (χ1n) is 7.91. The number of rotatable bonds is 4. The van der Waals surface area contributed by atoms with Gasteiger partial charge in [0.2, 0.25) is 0 Å². The predicted octanol–water partition coefficient (Wildman–Crippen LogP) is 6.02. The van der Waals surface area contributed by atoms with E-state index in [9.17, 15) is 4.79 Å². The van der Waals surface area contributed by atoms with Gasteiger partial charge in [0.15, 0.2) is 0 Å². The first-order valence-corrected chi connectivity index (χ1v) is 9.07. The molecule has 0 spiro atoms. The van der Waals surface area contributed by atoms with Crippen LogP contribution >= 0.6 is 35.4 Å². The van der Waals surface area contributed by atoms with Crippen LogP contribution < -0.4 is 15.4 Å². The molecular weight excluding hydrogens is 403 g/mol. The second-order valence-corrected chi connectivity index (χ2v) is 6.75. The molecule has 0 bridgehead atoms. The van der Waals surface area contributed by atoms with Crippen molar-refractivity contribution < 1.29 is 9.53 Å². The molecule has 0 heterocycles. The van der Waals surface area contributed by atoms with Gasteiger partial charge in [0.05, 0.1) is 0 Å². The average molecular weight is 417 g/mol. The summed E-state index contributed by atoms with van der Waals surface area (Å²) >= 11 is 16.9. The Morgan fingerprint density at radius 2 is 1.37 bits per heavy atom. The summed E-state index contributed by atoms with van der Waals surface area (Å²) in [6, 6.07) is 20.7. The molecule has 0 fully saturated rings. The fourth-order valence-corrected chi connectivity index (χ4v) is 2.69. The summed E-state index contributed by atoms with van der Waals surface area (Å²) in [5.74, 6) is 0.185. The third-order valence-corrected chi connectivity index (χ3v) is 4.19. The van der Waals surface area contributed by atoms with Gasteiger partial charge in [0.1, 0.15) is 5.75 Å². The monoisotopic (exact) mass is 416 g/mol. The number of thiocarbonyl (C=S) groups is 1. The van der Waals surface area contributed by atoms with E-state index in [2.05, 4.69) is 10.6 Å². The summed E-state index contributed by atoms with van der Waals surface area (Å²) in [5, 5.41) is 7.14. The van der Waals surface area contributed by atoms with E-state index >= 15 is 0 Å². The topological polar surface area (TPSA) is 50.4 Å². The molecule has 7 heteroatoms. The second-order valence-electron chi connectivity index (χ2n) is 5.51. The molecular formula is C20H14Cl2N2O2S. The van der Waals surface area contributed by atoms with Gasteiger partial charge in [0.25, 0.3) is 11.1 Å². The number of benzene rings is 3. The number of halogens is 2. The third-order valence-electron chi connectivity index (χ3n) is 3.50. The zero-order chi connectivity index (χ0) is 19.2. The summed E-state index contributed by atoms with van der Waals surface area (Å²) in [4.78, 5) is 12.4. The summed E-state index contributed by atoms with van der Waals surface area (Å²) in [7, 11) is 0. The lowest BCUT2D eigenvalue weighted by atomic mass is 10.2. The van der Waals surface area contributed by atoms with E-state index < -0.39 is 0 Å². The fourth-order valence-electron chi connectivity index (χ4n) is 2.22. The Balaban J connectivity index is 1.63. The smallest absolute Gasteiger partial charge is 0.266 e. The molecule has 0 aliphatic rings. The van der Waals surface area contributed by atoms with E-state index in [0.717, 1.165) is 5.69 Å². The molecule has 136 valence electrons. The number of carbonyl (C=O) groups excluding carboxylic acids is 1. The number of carbonyl (C=O) groups is 1. The first-order chi connectivity index (χ1) is 13.0. The average Bonchev–Trinajstić information content (AvgIpc) is 2.65. The maximum atomic E-state index is 12.4. The molecule has 3 aromatic rings. The Morgan fingerprint density at radius 3 is 1.96 bits per heavy atom. The van der Waals surface area contributed by atoms with E-state index in [1.54, 1.807) is 72.8 Å². The van der Waals surface area contributed by atoms with Gasteiger partial charge in [-0.25, -0.2) is 0 Å². The number of hydrogen-bond donors (Lipinski definition) is 2. The van der Waals surface area contributed by atoms with Crippen molar-refractivity contribution in [2.45, 2.75) is 0 Å². The van der Waals surface area contributed by atoms with Crippen molar-refractivity contribution in [1.82, 2.24) is 0 Å². The zero-order valence-corrected chi connectivity index (χ0v) is 16.2. The molecule has 0 aromatic heterocycles. The van der Waals surface area contributed by atoms with Crippen LogP contribution in [0.5, 0.6) is 5.75 Å². The lowest BCUT2D eigenvalue weighted by molar-refractivity contribution is 0.102. The first kappa shape index (κ1) is 19.2. The highest BCUT2D eigenvalue weighted by molar-refractivity contribution is 7.80. The van der Waals surface area contributed by atoms with Crippen LogP contribution in [0, 0.1) is 0 Å². The van der Waals surface area contributed by atoms with E-state index in [4.69, 9.17) is 40.2 Å². The molecule has 4 nitrogen and oxygen atoms in total. The van der Waals surface area contributed by atoms with Crippen molar-refractivity contribution in [2.75, 3.05) is 10.6 Å². The highest BCUT2D eigenvalue weighted by Gasteiger charge is 2.09. The molecule has 2 N–H and O–H groups in total. The minimum atomic E-state index is -0.264. The van der Waals surface area contributed by atoms with Crippen molar-refractivity contribution in [3.8, 4) is 5.75 Å². The van der Waals surface area contributed by atoms with E-state index in [1.807, 2.05) is 0 Å². The molecule has 0 unspecified atom stereocenters. The van der Waals surface area contributed by atoms with E-state index in [0.29, 0.717) is 27.0 Å². The number of anilines is 2. The SMILES string of the molecule is O=C(Nc1ccc(Cl)cc1)c1cccc(OC(=S)Nc2ccc(Cl)cc2)c1. The molecule has 1 amide bonds. The van der Waals surface area contributed by atoms with E-state index in [-0.39, 0.29) is 11.1 Å². The Hall–Kier alpha value is -2.60. The minimum absolute atomic E-state index is 0.160. The van der Waals surface area contributed by atoms with Crippen LogP contribution in [0.25, 0.3) is 0 Å². The summed E-state index contributed by atoms with van der Waals surface area (Å²) in [6.07, 6.45) is 0. The highest BCUT2D eigenvalue weighted by Crippen LogP contribution is 2.18. The Bertz CT molecular complexity index is 960. The van der Waals surface area contributed by atoms with Gasteiger partial charge in [0, 0.05) is 27.0 Å². The van der Waals surface area contributed by atoms with Crippen molar-refractivity contribution in [2.24, 2.45) is 0 Å². The van der Waals surface area contributed by atoms with Crippen molar-refractivity contribution in [3.05, 3.63) is 88.4 Å². The summed E-state index contributed by atoms with van der Waals surface area (Å²) in [5.41, 5.74) is 1.84. The molecule has 0 aliphatic heterocycles. The van der Waals surface area contributed by atoms with Crippen LogP contribution in [0.4, 0.5) is 11.4 Å². The number of ether oxygens (including phenoxy) is 1. The van der Waals surface area contributed by atoms with Gasteiger partial charge in [-0.1, -0.05) is 29.3 Å². The Morgan fingerprint density at radius 1 is 0.815 bits per heavy atom. The lowest BCUT2D eigenvalue weighted by Crippen LogP contribution is -2.17. The van der Waals surface area contributed by atoms with Crippen LogP contribution in [0.2, 0.25) is 10.0 Å². The molecule has 0 aliphatic carbocycles. The predicted molar refractivity (Wildman–Crippen MR) is 114 cm³/mol. The van der Waals surface area contributed by atoms with Crippen molar-refractivity contribution >= 4 is 57.9 Å². The van der Waals surface area contributed by atoms with E-state index in [1.165, 1.54) is 0 Å². The quantitative estimate of drug-likeness (QED) is 0.510. The maximum Gasteiger partial charge on any atom is 0.266 e. The highest BCUT2D eigenvalue weighted by atomic mass is 35.5. The normalized spacial score (nSPS) is 10.1. The van der Waals surface area contributed by atoms with Gasteiger partial charge in [-0.15, -0.1) is 0 Å². The Kier molecular flexibility index (Phi) is 6.29. The number of hydrogen-bond acceptors (Lipinski definition) is 3. The van der Waals surface area contributed by atoms with Gasteiger partial charge in [-0.2, -0.15) is 0 Å². The van der Waals surface area contributed by atoms with Crippen molar-refractivity contribution in [1.29, 1.82) is 0 Å². The van der Waals surface area contributed by atoms with Gasteiger partial charge in [-0.3, -0.25) is 4.79 Å². The lowest BCUT2D eigenvalue weighted by Gasteiger charge is -2.11. The van der Waals surface area contributed by atoms with Gasteiger partial charge < -0.3 is 15.4 Å². The van der Waals surface area contributed by atoms with Crippen LogP contribution in [0.3, 0.4) is 0 Å². The molecule has 27 heavy (non-hydrogen) atoms. The van der Waals surface area contributed by atoms with Crippen LogP contribution in [0.1, 0.15) is 10.4 Å². The second kappa shape index (κ2) is 8.86. The molecule has 0 radical (unpaired) electrons. The van der Waals surface area contributed by atoms with Crippen molar-refractivity contribution in [3.63, 3.8) is 0 Å². The third kappa shape index (κ3) is 5.69. The summed E-state index contributed by atoms with van der Waals surface area (Å²) < 4.78 is 5.60. The molecule has 0 atom stereocenters. The maximum absolute atomic E-state index is 12.4. The standard InChI is InChI=1S/C20H14Cl2N2O2S/c21-14-4-8-16(9-5-14)23-19(25)13-2-1-3-18(12-13)26-20(27)24-17-10-6-15(22)7-11-17/h1-12H,(H,23,25)(H,24,27). The van der Waals surface area contributed by atoms with Crippen LogP contribution in [-0.2, 0) is 0 Å².